The molecule has 1 N–H and O–H groups in total. The van der Waals surface area contributed by atoms with E-state index in [1.807, 2.05) is 30.3 Å². The lowest BCUT2D eigenvalue weighted by molar-refractivity contribution is 0.159. The minimum absolute atomic E-state index is 0.497. The van der Waals surface area contributed by atoms with Gasteiger partial charge in [-0.05, 0) is 43.0 Å². The summed E-state index contributed by atoms with van der Waals surface area (Å²) in [5.41, 5.74) is 6.02. The summed E-state index contributed by atoms with van der Waals surface area (Å²) < 4.78 is 11.1. The largest absolute Gasteiger partial charge is 0.497 e. The number of nitrogens with one attached hydrogen (secondary N) is 1. The number of nitrogens with zero attached hydrogens (tertiary/aromatic N) is 2. The Morgan fingerprint density at radius 2 is 2.00 bits per heavy atom. The molecule has 156 valence electrons. The van der Waals surface area contributed by atoms with Crippen LogP contribution < -0.4 is 9.47 Å². The van der Waals surface area contributed by atoms with Crippen molar-refractivity contribution in [1.82, 2.24) is 14.9 Å². The molecule has 0 saturated heterocycles. The molecule has 1 aromatic heterocycles. The van der Waals surface area contributed by atoms with E-state index < -0.39 is 0 Å². The predicted octanol–water partition coefficient (Wildman–Crippen LogP) is 4.66. The minimum Gasteiger partial charge on any atom is -0.497 e. The smallest absolute Gasteiger partial charge is 0.139 e. The Morgan fingerprint density at radius 1 is 1.13 bits per heavy atom. The Labute approximate surface area is 182 Å². The number of methoxy groups -OCH3 is 2. The predicted molar refractivity (Wildman–Crippen MR) is 119 cm³/mol. The highest BCUT2D eigenvalue weighted by atomic mass is 35.5. The van der Waals surface area contributed by atoms with Gasteiger partial charge in [-0.2, -0.15) is 0 Å². The topological polar surface area (TPSA) is 50.4 Å². The maximum Gasteiger partial charge on any atom is 0.139 e. The fraction of sp³-hybridized carbons (Fsp3) is 0.375. The number of aromatic amines is 1. The zero-order chi connectivity index (χ0) is 20.7. The number of halogens is 1. The van der Waals surface area contributed by atoms with Gasteiger partial charge in [-0.15, -0.1) is 0 Å². The Hall–Kier alpha value is -2.50. The molecular formula is C24H26ClN3O2. The fourth-order valence-corrected chi connectivity index (χ4v) is 5.02. The van der Waals surface area contributed by atoms with E-state index in [1.165, 1.54) is 22.5 Å². The zero-order valence-electron chi connectivity index (χ0n) is 17.4. The molecule has 0 bridgehead atoms. The molecule has 0 radical (unpaired) electrons. The van der Waals surface area contributed by atoms with Crippen molar-refractivity contribution in [2.24, 2.45) is 0 Å². The number of fused-ring (bicyclic) bond motifs is 2. The fourth-order valence-electron chi connectivity index (χ4n) is 4.79. The van der Waals surface area contributed by atoms with Crippen LogP contribution in [0.1, 0.15) is 28.9 Å². The molecule has 1 aliphatic heterocycles. The van der Waals surface area contributed by atoms with Gasteiger partial charge in [-0.3, -0.25) is 4.90 Å². The van der Waals surface area contributed by atoms with Crippen molar-refractivity contribution in [1.29, 1.82) is 0 Å². The molecular weight excluding hydrogens is 398 g/mol. The first kappa shape index (κ1) is 19.5. The lowest BCUT2D eigenvalue weighted by Gasteiger charge is -2.37. The van der Waals surface area contributed by atoms with Crippen molar-refractivity contribution in [3.63, 3.8) is 0 Å². The third-order valence-electron chi connectivity index (χ3n) is 6.42. The number of hydrogen-bond donors (Lipinski definition) is 1. The van der Waals surface area contributed by atoms with Gasteiger partial charge in [-0.1, -0.05) is 23.7 Å². The zero-order valence-corrected chi connectivity index (χ0v) is 18.1. The van der Waals surface area contributed by atoms with Crippen molar-refractivity contribution in [2.45, 2.75) is 38.3 Å². The maximum absolute atomic E-state index is 6.38. The number of ether oxygens (including phenoxy) is 2. The van der Waals surface area contributed by atoms with Crippen LogP contribution in [0.2, 0.25) is 5.02 Å². The van der Waals surface area contributed by atoms with Crippen molar-refractivity contribution in [3.05, 3.63) is 63.9 Å². The highest BCUT2D eigenvalue weighted by molar-refractivity contribution is 6.33. The molecule has 2 aliphatic rings. The quantitative estimate of drug-likeness (QED) is 0.662. The highest BCUT2D eigenvalue weighted by Crippen LogP contribution is 2.36. The van der Waals surface area contributed by atoms with Crippen LogP contribution in [0, 0.1) is 0 Å². The molecule has 2 aromatic carbocycles. The number of aryl methyl sites for hydroxylation is 1. The summed E-state index contributed by atoms with van der Waals surface area (Å²) in [5, 5.41) is 0.732. The van der Waals surface area contributed by atoms with Crippen LogP contribution in [0.15, 0.2) is 36.4 Å². The molecule has 0 saturated carbocycles. The van der Waals surface area contributed by atoms with Gasteiger partial charge in [0.05, 0.1) is 24.9 Å². The third kappa shape index (κ3) is 3.46. The third-order valence-corrected chi connectivity index (χ3v) is 6.75. The second-order valence-corrected chi connectivity index (χ2v) is 8.48. The van der Waals surface area contributed by atoms with Gasteiger partial charge in [-0.25, -0.2) is 4.98 Å². The number of benzene rings is 2. The first-order valence-corrected chi connectivity index (χ1v) is 10.8. The monoisotopic (exact) mass is 423 g/mol. The molecule has 2 heterocycles. The summed E-state index contributed by atoms with van der Waals surface area (Å²) in [6.07, 6.45) is 4.11. The maximum atomic E-state index is 6.38. The van der Waals surface area contributed by atoms with E-state index in [0.29, 0.717) is 6.04 Å². The SMILES string of the molecule is COc1cc2c(c(OC)c1)CN(C1CCc3nc(-c4ccccc4Cl)[nH]c3C1)CC2. The molecule has 5 rings (SSSR count). The molecule has 30 heavy (non-hydrogen) atoms. The van der Waals surface area contributed by atoms with E-state index in [2.05, 4.69) is 16.0 Å². The molecule has 3 aromatic rings. The lowest BCUT2D eigenvalue weighted by atomic mass is 9.91. The van der Waals surface area contributed by atoms with Crippen molar-refractivity contribution >= 4 is 11.6 Å². The summed E-state index contributed by atoms with van der Waals surface area (Å²) in [7, 11) is 3.44. The molecule has 0 fully saturated rings. The normalized spacial score (nSPS) is 18.6. The lowest BCUT2D eigenvalue weighted by Crippen LogP contribution is -2.42. The van der Waals surface area contributed by atoms with E-state index in [4.69, 9.17) is 26.1 Å². The summed E-state index contributed by atoms with van der Waals surface area (Å²) in [6.45, 7) is 1.96. The van der Waals surface area contributed by atoms with Crippen LogP contribution in [-0.2, 0) is 25.8 Å². The van der Waals surface area contributed by atoms with E-state index in [9.17, 15) is 0 Å². The second-order valence-electron chi connectivity index (χ2n) is 8.07. The van der Waals surface area contributed by atoms with Crippen molar-refractivity contribution in [2.75, 3.05) is 20.8 Å². The molecule has 5 nitrogen and oxygen atoms in total. The summed E-state index contributed by atoms with van der Waals surface area (Å²) in [6, 6.07) is 12.5. The van der Waals surface area contributed by atoms with Crippen LogP contribution in [0.4, 0.5) is 0 Å². The number of imidazole rings is 1. The first-order chi connectivity index (χ1) is 14.7. The van der Waals surface area contributed by atoms with E-state index >= 15 is 0 Å². The van der Waals surface area contributed by atoms with Gasteiger partial charge in [0.25, 0.3) is 0 Å². The molecule has 0 amide bonds. The number of H-pyrrole nitrogens is 1. The standard InChI is InChI=1S/C24H26ClN3O2/c1-29-17-11-15-9-10-28(14-19(15)23(13-17)30-2)16-7-8-21-22(12-16)27-24(26-21)18-5-3-4-6-20(18)25/h3-6,11,13,16H,7-10,12,14H2,1-2H3,(H,26,27). The van der Waals surface area contributed by atoms with Gasteiger partial charge >= 0.3 is 0 Å². The molecule has 1 aliphatic carbocycles. The summed E-state index contributed by atoms with van der Waals surface area (Å²) in [4.78, 5) is 11.0. The van der Waals surface area contributed by atoms with Crippen LogP contribution in [0.3, 0.4) is 0 Å². The summed E-state index contributed by atoms with van der Waals surface area (Å²) in [5.74, 6) is 2.67. The van der Waals surface area contributed by atoms with Gasteiger partial charge in [0, 0.05) is 48.4 Å². The second kappa shape index (κ2) is 7.97. The number of rotatable bonds is 4. The first-order valence-electron chi connectivity index (χ1n) is 10.5. The average Bonchev–Trinajstić information content (AvgIpc) is 3.21. The van der Waals surface area contributed by atoms with E-state index in [1.54, 1.807) is 14.2 Å². The van der Waals surface area contributed by atoms with E-state index in [0.717, 1.165) is 66.7 Å². The van der Waals surface area contributed by atoms with Crippen LogP contribution >= 0.6 is 11.6 Å². The van der Waals surface area contributed by atoms with Gasteiger partial charge < -0.3 is 14.5 Å². The molecule has 6 heteroatoms. The Kier molecular flexibility index (Phi) is 5.17. The van der Waals surface area contributed by atoms with Gasteiger partial charge in [0.2, 0.25) is 0 Å². The van der Waals surface area contributed by atoms with Crippen LogP contribution in [0.5, 0.6) is 11.5 Å². The highest BCUT2D eigenvalue weighted by Gasteiger charge is 2.30. The average molecular weight is 424 g/mol. The Morgan fingerprint density at radius 3 is 2.80 bits per heavy atom. The molecule has 1 atom stereocenters. The van der Waals surface area contributed by atoms with Crippen LogP contribution in [0.25, 0.3) is 11.4 Å². The van der Waals surface area contributed by atoms with Crippen molar-refractivity contribution < 1.29 is 9.47 Å². The van der Waals surface area contributed by atoms with E-state index in [-0.39, 0.29) is 0 Å². The molecule has 0 spiro atoms. The van der Waals surface area contributed by atoms with Crippen molar-refractivity contribution in [3.8, 4) is 22.9 Å². The Balaban J connectivity index is 1.37. The molecule has 1 unspecified atom stereocenters. The number of aromatic nitrogens is 2. The minimum atomic E-state index is 0.497. The Bertz CT molecular complexity index is 1060. The number of hydrogen-bond acceptors (Lipinski definition) is 4. The van der Waals surface area contributed by atoms with Gasteiger partial charge in [0.1, 0.15) is 17.3 Å². The summed E-state index contributed by atoms with van der Waals surface area (Å²) >= 11 is 6.38. The van der Waals surface area contributed by atoms with Crippen LogP contribution in [-0.4, -0.2) is 41.7 Å². The van der Waals surface area contributed by atoms with Gasteiger partial charge in [0.15, 0.2) is 0 Å².